The van der Waals surface area contributed by atoms with Crippen molar-refractivity contribution in [3.05, 3.63) is 23.8 Å². The molecule has 0 saturated carbocycles. The van der Waals surface area contributed by atoms with Gasteiger partial charge in [0.1, 0.15) is 0 Å². The average molecular weight is 296 g/mol. The SMILES string of the molecule is CC1Cc2cc(N3CCNCC3)ccc2N(C)C1=O.Cl. The summed E-state index contributed by atoms with van der Waals surface area (Å²) in [4.78, 5) is 16.2. The lowest BCUT2D eigenvalue weighted by molar-refractivity contribution is -0.121. The van der Waals surface area contributed by atoms with Gasteiger partial charge in [0.25, 0.3) is 0 Å². The van der Waals surface area contributed by atoms with Gasteiger partial charge in [-0.05, 0) is 30.2 Å². The topological polar surface area (TPSA) is 35.6 Å². The van der Waals surface area contributed by atoms with Crippen molar-refractivity contribution in [2.75, 3.05) is 43.0 Å². The number of benzene rings is 1. The van der Waals surface area contributed by atoms with E-state index in [4.69, 9.17) is 0 Å². The van der Waals surface area contributed by atoms with Crippen molar-refractivity contribution < 1.29 is 4.79 Å². The van der Waals surface area contributed by atoms with Gasteiger partial charge in [-0.1, -0.05) is 6.92 Å². The summed E-state index contributed by atoms with van der Waals surface area (Å²) < 4.78 is 0. The number of hydrogen-bond acceptors (Lipinski definition) is 3. The molecule has 2 heterocycles. The highest BCUT2D eigenvalue weighted by atomic mass is 35.5. The Hall–Kier alpha value is -1.26. The van der Waals surface area contributed by atoms with Gasteiger partial charge in [0, 0.05) is 50.5 Å². The van der Waals surface area contributed by atoms with E-state index in [0.29, 0.717) is 0 Å². The summed E-state index contributed by atoms with van der Waals surface area (Å²) in [5.74, 6) is 0.318. The Morgan fingerprint density at radius 2 is 1.95 bits per heavy atom. The Balaban J connectivity index is 0.00000147. The molecule has 1 N–H and O–H groups in total. The van der Waals surface area contributed by atoms with E-state index >= 15 is 0 Å². The van der Waals surface area contributed by atoms with Crippen LogP contribution in [0.1, 0.15) is 12.5 Å². The van der Waals surface area contributed by atoms with Crippen molar-refractivity contribution in [1.29, 1.82) is 0 Å². The Morgan fingerprint density at radius 3 is 2.65 bits per heavy atom. The third kappa shape index (κ3) is 2.63. The molecule has 1 amide bonds. The number of nitrogens with zero attached hydrogens (tertiary/aromatic N) is 2. The van der Waals surface area contributed by atoms with Crippen LogP contribution in [0.2, 0.25) is 0 Å². The molecule has 1 unspecified atom stereocenters. The predicted octanol–water partition coefficient (Wildman–Crippen LogP) is 1.67. The molecule has 0 spiro atoms. The molecule has 1 aromatic rings. The number of carbonyl (C=O) groups excluding carboxylic acids is 1. The summed E-state index contributed by atoms with van der Waals surface area (Å²) in [6.45, 7) is 6.23. The minimum absolute atomic E-state index is 0. The highest BCUT2D eigenvalue weighted by molar-refractivity contribution is 5.97. The van der Waals surface area contributed by atoms with E-state index in [1.165, 1.54) is 11.3 Å². The van der Waals surface area contributed by atoms with Crippen LogP contribution in [0.5, 0.6) is 0 Å². The number of hydrogen-bond donors (Lipinski definition) is 1. The second-order valence-corrected chi connectivity index (χ2v) is 5.55. The van der Waals surface area contributed by atoms with Crippen molar-refractivity contribution in [3.8, 4) is 0 Å². The third-order valence-electron chi connectivity index (χ3n) is 4.18. The molecule has 1 aromatic carbocycles. The molecule has 3 rings (SSSR count). The largest absolute Gasteiger partial charge is 0.369 e. The molecule has 0 bridgehead atoms. The van der Waals surface area contributed by atoms with Crippen molar-refractivity contribution >= 4 is 29.7 Å². The van der Waals surface area contributed by atoms with Gasteiger partial charge in [-0.25, -0.2) is 0 Å². The van der Waals surface area contributed by atoms with Gasteiger partial charge < -0.3 is 15.1 Å². The molecule has 1 fully saturated rings. The lowest BCUT2D eigenvalue weighted by atomic mass is 9.93. The van der Waals surface area contributed by atoms with Gasteiger partial charge in [-0.15, -0.1) is 12.4 Å². The molecular weight excluding hydrogens is 274 g/mol. The maximum atomic E-state index is 12.0. The lowest BCUT2D eigenvalue weighted by Crippen LogP contribution is -2.43. The van der Waals surface area contributed by atoms with Crippen molar-refractivity contribution in [3.63, 3.8) is 0 Å². The highest BCUT2D eigenvalue weighted by Gasteiger charge is 2.27. The van der Waals surface area contributed by atoms with E-state index in [9.17, 15) is 4.79 Å². The van der Waals surface area contributed by atoms with Crippen LogP contribution in [0.4, 0.5) is 11.4 Å². The average Bonchev–Trinajstić information content (AvgIpc) is 2.45. The Bertz CT molecular complexity index is 500. The Kier molecular flexibility index (Phi) is 4.55. The first-order chi connectivity index (χ1) is 9.16. The Morgan fingerprint density at radius 1 is 1.25 bits per heavy atom. The van der Waals surface area contributed by atoms with Gasteiger partial charge in [0.05, 0.1) is 0 Å². The summed E-state index contributed by atoms with van der Waals surface area (Å²) in [6.07, 6.45) is 0.860. The third-order valence-corrected chi connectivity index (χ3v) is 4.18. The number of piperazine rings is 1. The molecule has 5 heteroatoms. The van der Waals surface area contributed by atoms with Crippen LogP contribution < -0.4 is 15.1 Å². The molecule has 0 radical (unpaired) electrons. The fraction of sp³-hybridized carbons (Fsp3) is 0.533. The first-order valence-corrected chi connectivity index (χ1v) is 7.03. The smallest absolute Gasteiger partial charge is 0.229 e. The molecule has 20 heavy (non-hydrogen) atoms. The second kappa shape index (κ2) is 6.02. The minimum Gasteiger partial charge on any atom is -0.369 e. The number of nitrogens with one attached hydrogen (secondary N) is 1. The monoisotopic (exact) mass is 295 g/mol. The number of fused-ring (bicyclic) bond motifs is 1. The lowest BCUT2D eigenvalue weighted by Gasteiger charge is -2.33. The van der Waals surface area contributed by atoms with Gasteiger partial charge in [-0.2, -0.15) is 0 Å². The van der Waals surface area contributed by atoms with Crippen LogP contribution in [0, 0.1) is 5.92 Å². The molecule has 1 saturated heterocycles. The van der Waals surface area contributed by atoms with E-state index in [-0.39, 0.29) is 24.2 Å². The molecule has 2 aliphatic heterocycles. The number of halogens is 1. The molecule has 2 aliphatic rings. The van der Waals surface area contributed by atoms with E-state index in [1.807, 2.05) is 14.0 Å². The fourth-order valence-corrected chi connectivity index (χ4v) is 3.05. The maximum Gasteiger partial charge on any atom is 0.229 e. The number of rotatable bonds is 1. The summed E-state index contributed by atoms with van der Waals surface area (Å²) in [7, 11) is 1.88. The minimum atomic E-state index is 0. The summed E-state index contributed by atoms with van der Waals surface area (Å²) in [5, 5.41) is 3.37. The standard InChI is InChI=1S/C15H21N3O.ClH/c1-11-9-12-10-13(18-7-5-16-6-8-18)3-4-14(12)17(2)15(11)19;/h3-4,10-11,16H,5-9H2,1-2H3;1H. The van der Waals surface area contributed by atoms with Crippen LogP contribution in [0.25, 0.3) is 0 Å². The van der Waals surface area contributed by atoms with Crippen molar-refractivity contribution in [1.82, 2.24) is 5.32 Å². The first-order valence-electron chi connectivity index (χ1n) is 7.03. The van der Waals surface area contributed by atoms with Crippen molar-refractivity contribution in [2.24, 2.45) is 5.92 Å². The van der Waals surface area contributed by atoms with Gasteiger partial charge in [0.15, 0.2) is 0 Å². The number of amides is 1. The quantitative estimate of drug-likeness (QED) is 0.856. The molecule has 4 nitrogen and oxygen atoms in total. The molecule has 0 aromatic heterocycles. The van der Waals surface area contributed by atoms with Crippen LogP contribution >= 0.6 is 12.4 Å². The number of anilines is 2. The van der Waals surface area contributed by atoms with E-state index in [1.54, 1.807) is 4.90 Å². The van der Waals surface area contributed by atoms with Crippen LogP contribution in [0.15, 0.2) is 18.2 Å². The summed E-state index contributed by atoms with van der Waals surface area (Å²) in [5.41, 5.74) is 3.66. The van der Waals surface area contributed by atoms with E-state index in [0.717, 1.165) is 38.3 Å². The fourth-order valence-electron chi connectivity index (χ4n) is 3.05. The first kappa shape index (κ1) is 15.1. The second-order valence-electron chi connectivity index (χ2n) is 5.55. The van der Waals surface area contributed by atoms with Gasteiger partial charge >= 0.3 is 0 Å². The summed E-state index contributed by atoms with van der Waals surface area (Å²) in [6, 6.07) is 6.50. The zero-order valence-electron chi connectivity index (χ0n) is 12.1. The molecular formula is C15H22ClN3O. The Labute approximate surface area is 126 Å². The van der Waals surface area contributed by atoms with Crippen molar-refractivity contribution in [2.45, 2.75) is 13.3 Å². The van der Waals surface area contributed by atoms with Crippen LogP contribution in [0.3, 0.4) is 0 Å². The van der Waals surface area contributed by atoms with Gasteiger partial charge in [0.2, 0.25) is 5.91 Å². The van der Waals surface area contributed by atoms with E-state index < -0.39 is 0 Å². The maximum absolute atomic E-state index is 12.0. The molecule has 1 atom stereocenters. The number of carbonyl (C=O) groups is 1. The zero-order valence-corrected chi connectivity index (χ0v) is 12.9. The summed E-state index contributed by atoms with van der Waals surface area (Å²) >= 11 is 0. The van der Waals surface area contributed by atoms with Crippen LogP contribution in [-0.4, -0.2) is 39.1 Å². The normalized spacial score (nSPS) is 22.3. The molecule has 110 valence electrons. The van der Waals surface area contributed by atoms with Crippen LogP contribution in [-0.2, 0) is 11.2 Å². The molecule has 0 aliphatic carbocycles. The van der Waals surface area contributed by atoms with E-state index in [2.05, 4.69) is 28.4 Å². The zero-order chi connectivity index (χ0) is 13.4. The van der Waals surface area contributed by atoms with Gasteiger partial charge in [-0.3, -0.25) is 4.79 Å². The predicted molar refractivity (Wildman–Crippen MR) is 85.1 cm³/mol. The highest BCUT2D eigenvalue weighted by Crippen LogP contribution is 2.32.